The van der Waals surface area contributed by atoms with Crippen LogP contribution in [0.4, 0.5) is 0 Å². The molecule has 0 spiro atoms. The predicted octanol–water partition coefficient (Wildman–Crippen LogP) is 21.1. The second-order valence-corrected chi connectivity index (χ2v) is 0. The van der Waals surface area contributed by atoms with Crippen molar-refractivity contribution in [1.82, 2.24) is 24.6 Å². The van der Waals surface area contributed by atoms with E-state index in [0.29, 0.717) is 0 Å². The van der Waals surface area contributed by atoms with Crippen molar-refractivity contribution in [2.24, 2.45) is 0 Å². The average Bonchev–Trinajstić information content (AvgIpc) is 2.84. The molecule has 0 fully saturated rings. The van der Waals surface area contributed by atoms with Gasteiger partial charge in [0.25, 0.3) is 0 Å². The maximum absolute atomic E-state index is 2.00. The summed E-state index contributed by atoms with van der Waals surface area (Å²) in [6, 6.07) is 0. The number of rotatable bonds is 0. The van der Waals surface area contributed by atoms with Crippen LogP contribution < -0.4 is 24.6 Å². The Labute approximate surface area is 282 Å². The summed E-state index contributed by atoms with van der Waals surface area (Å²) in [6.07, 6.45) is 0. The summed E-state index contributed by atoms with van der Waals surface area (Å²) in [5.41, 5.74) is 0. The van der Waals surface area contributed by atoms with E-state index in [1.807, 2.05) is 166 Å². The van der Waals surface area contributed by atoms with E-state index >= 15 is 0 Å². The third-order valence-electron chi connectivity index (χ3n) is 0. The minimum atomic E-state index is 0. The zero-order valence-electron chi connectivity index (χ0n) is 26.8. The van der Waals surface area contributed by atoms with Crippen LogP contribution in [-0.2, 0) is 0 Å². The Morgan fingerprint density at radius 1 is 0.125 bits per heavy atom. The molecule has 12 N–H and O–H groups in total. The highest BCUT2D eigenvalue weighted by Crippen LogP contribution is 1.17. The van der Waals surface area contributed by atoms with Gasteiger partial charge in [0.1, 0.15) is 0 Å². The molecule has 0 aromatic rings. The highest BCUT2D eigenvalue weighted by molar-refractivity contribution is 3.53. The normalized spacial score (nSPS) is 1.80. The molecule has 0 bridgehead atoms. The molecule has 0 saturated heterocycles. The molecule has 0 aromatic carbocycles. The molecule has 0 atom stereocenters. The third kappa shape index (κ3) is 2010000. The summed E-state index contributed by atoms with van der Waals surface area (Å²) in [5.74, 6) is 0. The molecule has 0 heterocycles. The lowest BCUT2D eigenvalue weighted by Gasteiger charge is -1.07. The van der Waals surface area contributed by atoms with Gasteiger partial charge in [-0.3, -0.25) is 0 Å². The van der Waals surface area contributed by atoms with Gasteiger partial charge < -0.3 is 24.6 Å². The Bertz CT molecular complexity index is 30.4. The van der Waals surface area contributed by atoms with Gasteiger partial charge in [0, 0.05) is 2.85 Å². The fourth-order valence-corrected chi connectivity index (χ4v) is 0. The fraction of sp³-hybridized carbons (Fsp3) is 1.00. The molecule has 40 heavy (non-hydrogen) atoms. The smallest absolute Gasteiger partial charge is 0 e. The highest BCUT2D eigenvalue weighted by atomic mass is 14.0. The molecule has 0 aromatic heterocycles. The van der Waals surface area contributed by atoms with E-state index in [9.17, 15) is 0 Å². The Hall–Kier alpha value is -0.160. The van der Waals surface area contributed by atoms with E-state index in [1.54, 1.807) is 0 Å². The standard InChI is InChI=1S/12C2H6.12CH4.4H3N.2H2/c12*1-2;;;;;;;;;;;;;;;;;;/h12*1-2H3;12*1H4;4*1H3;2*1H. The summed E-state index contributed by atoms with van der Waals surface area (Å²) in [4.78, 5) is 0. The van der Waals surface area contributed by atoms with E-state index in [2.05, 4.69) is 0 Å². The summed E-state index contributed by atoms with van der Waals surface area (Å²) < 4.78 is 0. The molecule has 0 aliphatic rings. The van der Waals surface area contributed by atoms with Crippen molar-refractivity contribution in [2.75, 3.05) is 0 Å². The molecular formula is C36H136N4. The summed E-state index contributed by atoms with van der Waals surface area (Å²) in [7, 11) is 0. The molecule has 4 nitrogen and oxygen atoms in total. The lowest BCUT2D eigenvalue weighted by molar-refractivity contribution is 1.50. The van der Waals surface area contributed by atoms with Crippen LogP contribution in [0.3, 0.4) is 0 Å². The van der Waals surface area contributed by atoms with E-state index < -0.39 is 0 Å². The third-order valence-corrected chi connectivity index (χ3v) is 0. The van der Waals surface area contributed by atoms with Gasteiger partial charge in [-0.25, -0.2) is 0 Å². The Balaban J connectivity index is -0.00000000129. The van der Waals surface area contributed by atoms with Crippen molar-refractivity contribution >= 4 is 0 Å². The van der Waals surface area contributed by atoms with Crippen molar-refractivity contribution in [3.63, 3.8) is 0 Å². The topological polar surface area (TPSA) is 140 Å². The first-order chi connectivity index (χ1) is 12.0. The Kier molecular flexibility index (Phi) is 23300000. The van der Waals surface area contributed by atoms with Crippen LogP contribution in [0.5, 0.6) is 0 Å². The van der Waals surface area contributed by atoms with Gasteiger partial charge in [0.15, 0.2) is 0 Å². The number of hydrogen-bond donors (Lipinski definition) is 4. The molecule has 300 valence electrons. The molecule has 0 unspecified atom stereocenters. The van der Waals surface area contributed by atoms with Gasteiger partial charge in [-0.05, 0) is 0 Å². The van der Waals surface area contributed by atoms with Crippen LogP contribution >= 0.6 is 0 Å². The van der Waals surface area contributed by atoms with E-state index in [0.717, 1.165) is 0 Å². The molecule has 0 rings (SSSR count). The first-order valence-corrected chi connectivity index (χ1v) is 12.0. The van der Waals surface area contributed by atoms with Crippen LogP contribution in [0.15, 0.2) is 0 Å². The first kappa shape index (κ1) is 429. The van der Waals surface area contributed by atoms with Gasteiger partial charge in [-0.15, -0.1) is 0 Å². The summed E-state index contributed by atoms with van der Waals surface area (Å²) >= 11 is 0. The zero-order chi connectivity index (χ0) is 24.0. The molecule has 4 heteroatoms. The molecule has 0 aliphatic heterocycles. The molecule has 0 radical (unpaired) electrons. The van der Waals surface area contributed by atoms with Gasteiger partial charge >= 0.3 is 0 Å². The predicted molar refractivity (Wildman–Crippen MR) is 241 cm³/mol. The maximum Gasteiger partial charge on any atom is 0 e. The van der Waals surface area contributed by atoms with Crippen molar-refractivity contribution in [3.8, 4) is 0 Å². The lowest BCUT2D eigenvalue weighted by Crippen LogP contribution is -0.856. The van der Waals surface area contributed by atoms with E-state index in [-0.39, 0.29) is 117 Å². The van der Waals surface area contributed by atoms with Gasteiger partial charge in [0.05, 0.1) is 0 Å². The zero-order valence-corrected chi connectivity index (χ0v) is 26.8. The van der Waals surface area contributed by atoms with Crippen molar-refractivity contribution in [2.45, 2.75) is 255 Å². The second kappa shape index (κ2) is 2170000. The minimum Gasteiger partial charge on any atom is -0.344 e. The van der Waals surface area contributed by atoms with Crippen LogP contribution in [0.25, 0.3) is 0 Å². The molecular weight excluding hydrogens is 488 g/mol. The maximum atomic E-state index is 2.00. The van der Waals surface area contributed by atoms with Crippen LogP contribution in [-0.4, -0.2) is 0 Å². The van der Waals surface area contributed by atoms with E-state index in [4.69, 9.17) is 0 Å². The summed E-state index contributed by atoms with van der Waals surface area (Å²) in [6.45, 7) is 48.0. The van der Waals surface area contributed by atoms with Crippen LogP contribution in [0.1, 0.15) is 258 Å². The van der Waals surface area contributed by atoms with Crippen LogP contribution in [0.2, 0.25) is 0 Å². The van der Waals surface area contributed by atoms with Crippen LogP contribution in [0, 0.1) is 0 Å². The van der Waals surface area contributed by atoms with Crippen molar-refractivity contribution in [1.29, 1.82) is 0 Å². The quantitative estimate of drug-likeness (QED) is 0.212. The molecule has 0 amide bonds. The first-order valence-electron chi connectivity index (χ1n) is 12.0. The van der Waals surface area contributed by atoms with Gasteiger partial charge in [0.2, 0.25) is 0 Å². The monoisotopic (exact) mass is 625 g/mol. The summed E-state index contributed by atoms with van der Waals surface area (Å²) in [5, 5.41) is 0. The van der Waals surface area contributed by atoms with Crippen molar-refractivity contribution < 1.29 is 2.85 Å². The van der Waals surface area contributed by atoms with E-state index in [1.165, 1.54) is 0 Å². The Morgan fingerprint density at radius 2 is 0.125 bits per heavy atom. The molecule has 0 saturated carbocycles. The van der Waals surface area contributed by atoms with Gasteiger partial charge in [-0.1, -0.05) is 255 Å². The van der Waals surface area contributed by atoms with Crippen molar-refractivity contribution in [3.05, 3.63) is 0 Å². The number of hydrogen-bond acceptors (Lipinski definition) is 4. The van der Waals surface area contributed by atoms with Gasteiger partial charge in [-0.2, -0.15) is 0 Å². The molecule has 0 aliphatic carbocycles. The Morgan fingerprint density at radius 3 is 0.125 bits per heavy atom. The fourth-order valence-electron chi connectivity index (χ4n) is 0. The minimum absolute atomic E-state index is 0. The SMILES string of the molecule is C.C.C.C.C.C.C.C.C.C.C.C.CC.CC.CC.CC.CC.CC.CC.CC.CC.CC.CC.CC.N.N.N.N.[HH].[HH]. The highest BCUT2D eigenvalue weighted by Gasteiger charge is 0.954. The largest absolute Gasteiger partial charge is 0.344 e. The average molecular weight is 626 g/mol. The lowest BCUT2D eigenvalue weighted by atomic mass is 11.0. The second-order valence-electron chi connectivity index (χ2n) is 0.